The van der Waals surface area contributed by atoms with Crippen molar-refractivity contribution in [1.29, 1.82) is 0 Å². The molecule has 0 fully saturated rings. The van der Waals surface area contributed by atoms with Gasteiger partial charge in [0, 0.05) is 20.2 Å². The molecule has 0 aliphatic rings. The van der Waals surface area contributed by atoms with Crippen molar-refractivity contribution in [3.05, 3.63) is 0 Å². The van der Waals surface area contributed by atoms with Crippen LogP contribution in [0.25, 0.3) is 0 Å². The molecule has 2 unspecified atom stereocenters. The van der Waals surface area contributed by atoms with Gasteiger partial charge in [0.1, 0.15) is 0 Å². The highest BCUT2D eigenvalue weighted by molar-refractivity contribution is 4.85. The topological polar surface area (TPSA) is 21.3 Å². The van der Waals surface area contributed by atoms with E-state index in [1.165, 1.54) is 38.5 Å². The Bertz CT molecular complexity index is 184. The van der Waals surface area contributed by atoms with Crippen LogP contribution in [-0.4, -0.2) is 26.8 Å². The molecule has 2 atom stereocenters. The van der Waals surface area contributed by atoms with Crippen LogP contribution in [0.1, 0.15) is 66.2 Å². The van der Waals surface area contributed by atoms with Gasteiger partial charge in [-0.3, -0.25) is 0 Å². The zero-order valence-electron chi connectivity index (χ0n) is 13.3. The third-order valence-electron chi connectivity index (χ3n) is 4.46. The first kappa shape index (κ1) is 17.9. The van der Waals surface area contributed by atoms with Crippen LogP contribution in [0.2, 0.25) is 0 Å². The lowest BCUT2D eigenvalue weighted by molar-refractivity contribution is 0.124. The van der Waals surface area contributed by atoms with Crippen molar-refractivity contribution in [3.63, 3.8) is 0 Å². The van der Waals surface area contributed by atoms with Crippen LogP contribution in [0.4, 0.5) is 0 Å². The molecule has 0 radical (unpaired) electrons. The Morgan fingerprint density at radius 1 is 1.17 bits per heavy atom. The van der Waals surface area contributed by atoms with Crippen LogP contribution in [0.5, 0.6) is 0 Å². The van der Waals surface area contributed by atoms with Crippen molar-refractivity contribution < 1.29 is 4.74 Å². The van der Waals surface area contributed by atoms with Crippen LogP contribution in [0.3, 0.4) is 0 Å². The average molecular weight is 257 g/mol. The van der Waals surface area contributed by atoms with Gasteiger partial charge in [0.15, 0.2) is 0 Å². The first-order valence-corrected chi connectivity index (χ1v) is 7.86. The lowest BCUT2D eigenvalue weighted by atomic mass is 9.69. The van der Waals surface area contributed by atoms with Gasteiger partial charge >= 0.3 is 0 Å². The van der Waals surface area contributed by atoms with Gasteiger partial charge < -0.3 is 10.1 Å². The summed E-state index contributed by atoms with van der Waals surface area (Å²) in [4.78, 5) is 0. The van der Waals surface area contributed by atoms with Crippen LogP contribution >= 0.6 is 0 Å². The Labute approximate surface area is 115 Å². The summed E-state index contributed by atoms with van der Waals surface area (Å²) in [5.74, 6) is 0.814. The molecule has 0 aromatic heterocycles. The van der Waals surface area contributed by atoms with Gasteiger partial charge in [-0.15, -0.1) is 0 Å². The molecule has 0 aliphatic carbocycles. The molecule has 2 heteroatoms. The Morgan fingerprint density at radius 3 is 2.39 bits per heavy atom. The van der Waals surface area contributed by atoms with Crippen molar-refractivity contribution in [1.82, 2.24) is 5.32 Å². The smallest absolute Gasteiger partial charge is 0.0587 e. The molecule has 0 aromatic carbocycles. The summed E-state index contributed by atoms with van der Waals surface area (Å²) in [6, 6.07) is 0. The summed E-state index contributed by atoms with van der Waals surface area (Å²) >= 11 is 0. The van der Waals surface area contributed by atoms with Gasteiger partial charge in [-0.25, -0.2) is 0 Å². The van der Waals surface area contributed by atoms with E-state index >= 15 is 0 Å². The fourth-order valence-corrected chi connectivity index (χ4v) is 2.94. The summed E-state index contributed by atoms with van der Waals surface area (Å²) in [5, 5.41) is 3.60. The van der Waals surface area contributed by atoms with Crippen LogP contribution in [0.15, 0.2) is 0 Å². The second kappa shape index (κ2) is 10.8. The van der Waals surface area contributed by atoms with E-state index in [-0.39, 0.29) is 0 Å². The number of hydrogen-bond acceptors (Lipinski definition) is 2. The standard InChI is InChI=1S/C16H35NO/c1-6-9-11-16(8-3,15(4)10-7-2)14-17-12-13-18-5/h15,17H,6-14H2,1-5H3. The van der Waals surface area contributed by atoms with E-state index in [4.69, 9.17) is 4.74 Å². The molecule has 18 heavy (non-hydrogen) atoms. The Morgan fingerprint density at radius 2 is 1.89 bits per heavy atom. The van der Waals surface area contributed by atoms with Gasteiger partial charge in [-0.05, 0) is 24.2 Å². The normalized spacial score (nSPS) is 16.5. The van der Waals surface area contributed by atoms with Gasteiger partial charge in [-0.2, -0.15) is 0 Å². The highest BCUT2D eigenvalue weighted by atomic mass is 16.5. The lowest BCUT2D eigenvalue weighted by Gasteiger charge is -2.39. The summed E-state index contributed by atoms with van der Waals surface area (Å²) in [6.07, 6.45) is 7.96. The molecule has 0 amide bonds. The van der Waals surface area contributed by atoms with Gasteiger partial charge in [0.2, 0.25) is 0 Å². The molecule has 0 spiro atoms. The van der Waals surface area contributed by atoms with E-state index in [0.717, 1.165) is 25.6 Å². The maximum Gasteiger partial charge on any atom is 0.0587 e. The zero-order valence-corrected chi connectivity index (χ0v) is 13.3. The largest absolute Gasteiger partial charge is 0.383 e. The number of unbranched alkanes of at least 4 members (excludes halogenated alkanes) is 1. The molecular weight excluding hydrogens is 222 g/mol. The van der Waals surface area contributed by atoms with E-state index < -0.39 is 0 Å². The Balaban J connectivity index is 4.43. The molecule has 0 aliphatic heterocycles. The maximum atomic E-state index is 5.12. The summed E-state index contributed by atoms with van der Waals surface area (Å²) < 4.78 is 5.12. The highest BCUT2D eigenvalue weighted by Gasteiger charge is 2.32. The second-order valence-corrected chi connectivity index (χ2v) is 5.68. The van der Waals surface area contributed by atoms with Gasteiger partial charge in [0.05, 0.1) is 6.61 Å². The molecule has 0 aromatic rings. The predicted octanol–water partition coefficient (Wildman–Crippen LogP) is 4.25. The van der Waals surface area contributed by atoms with E-state index in [2.05, 4.69) is 33.0 Å². The minimum Gasteiger partial charge on any atom is -0.383 e. The molecule has 0 rings (SSSR count). The fraction of sp³-hybridized carbons (Fsp3) is 1.00. The number of rotatable bonds is 12. The van der Waals surface area contributed by atoms with Crippen LogP contribution in [0, 0.1) is 11.3 Å². The molecular formula is C16H35NO. The van der Waals surface area contributed by atoms with Crippen molar-refractivity contribution in [2.75, 3.05) is 26.8 Å². The van der Waals surface area contributed by atoms with Gasteiger partial charge in [0.25, 0.3) is 0 Å². The minimum atomic E-state index is 0.486. The summed E-state index contributed by atoms with van der Waals surface area (Å²) in [6.45, 7) is 12.3. The third kappa shape index (κ3) is 6.19. The monoisotopic (exact) mass is 257 g/mol. The third-order valence-corrected chi connectivity index (χ3v) is 4.46. The fourth-order valence-electron chi connectivity index (χ4n) is 2.94. The second-order valence-electron chi connectivity index (χ2n) is 5.68. The Hall–Kier alpha value is -0.0800. The molecule has 110 valence electrons. The summed E-state index contributed by atoms with van der Waals surface area (Å²) in [5.41, 5.74) is 0.486. The zero-order chi connectivity index (χ0) is 13.9. The molecule has 1 N–H and O–H groups in total. The van der Waals surface area contributed by atoms with Crippen molar-refractivity contribution in [3.8, 4) is 0 Å². The number of hydrogen-bond donors (Lipinski definition) is 1. The van der Waals surface area contributed by atoms with Crippen molar-refractivity contribution in [2.45, 2.75) is 66.2 Å². The van der Waals surface area contributed by atoms with Crippen LogP contribution < -0.4 is 5.32 Å². The molecule has 0 bridgehead atoms. The SMILES string of the molecule is CCCCC(CC)(CNCCOC)C(C)CCC. The number of ether oxygens (including phenoxy) is 1. The van der Waals surface area contributed by atoms with E-state index in [0.29, 0.717) is 5.41 Å². The molecule has 2 nitrogen and oxygen atoms in total. The highest BCUT2D eigenvalue weighted by Crippen LogP contribution is 2.38. The molecule has 0 heterocycles. The molecule has 0 saturated carbocycles. The predicted molar refractivity (Wildman–Crippen MR) is 81.1 cm³/mol. The first-order chi connectivity index (χ1) is 8.66. The van der Waals surface area contributed by atoms with Gasteiger partial charge in [-0.1, -0.05) is 53.4 Å². The Kier molecular flexibility index (Phi) is 10.8. The van der Waals surface area contributed by atoms with E-state index in [1.807, 2.05) is 0 Å². The molecule has 0 saturated heterocycles. The van der Waals surface area contributed by atoms with Crippen LogP contribution in [-0.2, 0) is 4.74 Å². The average Bonchev–Trinajstić information content (AvgIpc) is 2.39. The first-order valence-electron chi connectivity index (χ1n) is 7.86. The lowest BCUT2D eigenvalue weighted by Crippen LogP contribution is -2.40. The summed E-state index contributed by atoms with van der Waals surface area (Å²) in [7, 11) is 1.77. The maximum absolute atomic E-state index is 5.12. The van der Waals surface area contributed by atoms with Crippen molar-refractivity contribution >= 4 is 0 Å². The van der Waals surface area contributed by atoms with E-state index in [1.54, 1.807) is 7.11 Å². The number of nitrogens with one attached hydrogen (secondary N) is 1. The quantitative estimate of drug-likeness (QED) is 0.528. The van der Waals surface area contributed by atoms with Crippen molar-refractivity contribution in [2.24, 2.45) is 11.3 Å². The minimum absolute atomic E-state index is 0.486. The van der Waals surface area contributed by atoms with E-state index in [9.17, 15) is 0 Å². The number of methoxy groups -OCH3 is 1.